The van der Waals surface area contributed by atoms with E-state index in [9.17, 15) is 5.11 Å². The topological polar surface area (TPSA) is 42.4 Å². The molecule has 1 aromatic carbocycles. The number of benzene rings is 1. The number of hydrogen-bond donors (Lipinski definition) is 1. The average molecular weight is 263 g/mol. The van der Waals surface area contributed by atoms with Crippen molar-refractivity contribution >= 4 is 11.3 Å². The SMILES string of the molecule is Cc1ncsc1CCOc1ccc([C@@H](C)O)cc1. The van der Waals surface area contributed by atoms with Crippen LogP contribution in [0.5, 0.6) is 5.75 Å². The molecule has 0 unspecified atom stereocenters. The van der Waals surface area contributed by atoms with Gasteiger partial charge >= 0.3 is 0 Å². The van der Waals surface area contributed by atoms with E-state index in [4.69, 9.17) is 4.74 Å². The van der Waals surface area contributed by atoms with E-state index in [1.54, 1.807) is 18.3 Å². The van der Waals surface area contributed by atoms with E-state index < -0.39 is 6.10 Å². The van der Waals surface area contributed by atoms with Crippen LogP contribution >= 0.6 is 11.3 Å². The second-order valence-electron chi connectivity index (χ2n) is 4.20. The fourth-order valence-electron chi connectivity index (χ4n) is 1.67. The minimum Gasteiger partial charge on any atom is -0.493 e. The van der Waals surface area contributed by atoms with Crippen molar-refractivity contribution in [1.29, 1.82) is 0 Å². The Labute approximate surface area is 111 Å². The summed E-state index contributed by atoms with van der Waals surface area (Å²) in [6, 6.07) is 7.55. The van der Waals surface area contributed by atoms with Gasteiger partial charge in [-0.15, -0.1) is 11.3 Å². The summed E-state index contributed by atoms with van der Waals surface area (Å²) in [5.41, 5.74) is 3.86. The fraction of sp³-hybridized carbons (Fsp3) is 0.357. The van der Waals surface area contributed by atoms with Crippen LogP contribution in [-0.2, 0) is 6.42 Å². The molecule has 1 atom stereocenters. The van der Waals surface area contributed by atoms with Crippen LogP contribution in [0.3, 0.4) is 0 Å². The van der Waals surface area contributed by atoms with Gasteiger partial charge in [0.25, 0.3) is 0 Å². The number of aliphatic hydroxyl groups excluding tert-OH is 1. The molecular weight excluding hydrogens is 246 g/mol. The van der Waals surface area contributed by atoms with E-state index >= 15 is 0 Å². The Kier molecular flexibility index (Phi) is 4.33. The number of rotatable bonds is 5. The van der Waals surface area contributed by atoms with Crippen LogP contribution in [0.2, 0.25) is 0 Å². The van der Waals surface area contributed by atoms with E-state index in [2.05, 4.69) is 4.98 Å². The summed E-state index contributed by atoms with van der Waals surface area (Å²) in [4.78, 5) is 5.48. The van der Waals surface area contributed by atoms with Crippen molar-refractivity contribution in [2.45, 2.75) is 26.4 Å². The first kappa shape index (κ1) is 13.1. The molecule has 2 aromatic rings. The van der Waals surface area contributed by atoms with Gasteiger partial charge in [-0.05, 0) is 31.5 Å². The molecule has 0 spiro atoms. The lowest BCUT2D eigenvalue weighted by Crippen LogP contribution is -2.01. The van der Waals surface area contributed by atoms with Crippen LogP contribution in [0.4, 0.5) is 0 Å². The van der Waals surface area contributed by atoms with Crippen LogP contribution in [-0.4, -0.2) is 16.7 Å². The highest BCUT2D eigenvalue weighted by Crippen LogP contribution is 2.18. The van der Waals surface area contributed by atoms with Gasteiger partial charge in [-0.2, -0.15) is 0 Å². The zero-order chi connectivity index (χ0) is 13.0. The van der Waals surface area contributed by atoms with Gasteiger partial charge in [0.2, 0.25) is 0 Å². The van der Waals surface area contributed by atoms with Crippen molar-refractivity contribution in [3.05, 3.63) is 45.9 Å². The normalized spacial score (nSPS) is 12.4. The predicted octanol–water partition coefficient (Wildman–Crippen LogP) is 3.13. The van der Waals surface area contributed by atoms with Crippen molar-refractivity contribution in [3.63, 3.8) is 0 Å². The standard InChI is InChI=1S/C14H17NO2S/c1-10-14(18-9-15-10)7-8-17-13-5-3-12(4-6-13)11(2)16/h3-6,9,11,16H,7-8H2,1-2H3/t11-/m1/s1. The lowest BCUT2D eigenvalue weighted by molar-refractivity contribution is 0.199. The smallest absolute Gasteiger partial charge is 0.119 e. The van der Waals surface area contributed by atoms with E-state index in [1.807, 2.05) is 36.7 Å². The highest BCUT2D eigenvalue weighted by Gasteiger charge is 2.03. The van der Waals surface area contributed by atoms with Crippen LogP contribution in [0.1, 0.15) is 29.2 Å². The van der Waals surface area contributed by atoms with E-state index in [0.717, 1.165) is 23.4 Å². The number of aliphatic hydroxyl groups is 1. The van der Waals surface area contributed by atoms with Gasteiger partial charge < -0.3 is 9.84 Å². The van der Waals surface area contributed by atoms with Crippen molar-refractivity contribution in [2.75, 3.05) is 6.61 Å². The second-order valence-corrected chi connectivity index (χ2v) is 5.14. The summed E-state index contributed by atoms with van der Waals surface area (Å²) >= 11 is 1.67. The summed E-state index contributed by atoms with van der Waals surface area (Å²) in [7, 11) is 0. The minimum atomic E-state index is -0.432. The Morgan fingerprint density at radius 3 is 2.61 bits per heavy atom. The molecule has 1 heterocycles. The Morgan fingerprint density at radius 2 is 2.06 bits per heavy atom. The first-order valence-electron chi connectivity index (χ1n) is 5.96. The van der Waals surface area contributed by atoms with Gasteiger partial charge in [0.15, 0.2) is 0 Å². The highest BCUT2D eigenvalue weighted by atomic mass is 32.1. The molecule has 0 radical (unpaired) electrons. The number of nitrogens with zero attached hydrogens (tertiary/aromatic N) is 1. The molecule has 0 fully saturated rings. The molecule has 0 saturated heterocycles. The maximum Gasteiger partial charge on any atom is 0.119 e. The summed E-state index contributed by atoms with van der Waals surface area (Å²) in [5.74, 6) is 0.835. The first-order valence-corrected chi connectivity index (χ1v) is 6.84. The highest BCUT2D eigenvalue weighted by molar-refractivity contribution is 7.09. The van der Waals surface area contributed by atoms with Crippen LogP contribution < -0.4 is 4.74 Å². The molecule has 0 saturated carbocycles. The summed E-state index contributed by atoms with van der Waals surface area (Å²) in [6.07, 6.45) is 0.452. The largest absolute Gasteiger partial charge is 0.493 e. The third-order valence-electron chi connectivity index (χ3n) is 2.81. The zero-order valence-corrected chi connectivity index (χ0v) is 11.4. The van der Waals surface area contributed by atoms with E-state index in [0.29, 0.717) is 6.61 Å². The molecular formula is C14H17NO2S. The fourth-order valence-corrected chi connectivity index (χ4v) is 2.43. The third-order valence-corrected chi connectivity index (χ3v) is 3.80. The quantitative estimate of drug-likeness (QED) is 0.901. The van der Waals surface area contributed by atoms with Crippen molar-refractivity contribution in [1.82, 2.24) is 4.98 Å². The molecule has 1 N–H and O–H groups in total. The number of aryl methyl sites for hydroxylation is 1. The molecule has 0 aliphatic carbocycles. The summed E-state index contributed by atoms with van der Waals surface area (Å²) in [6.45, 7) is 4.42. The van der Waals surface area contributed by atoms with Gasteiger partial charge in [-0.1, -0.05) is 12.1 Å². The van der Waals surface area contributed by atoms with Crippen molar-refractivity contribution in [3.8, 4) is 5.75 Å². The average Bonchev–Trinajstić information content (AvgIpc) is 2.76. The van der Waals surface area contributed by atoms with Gasteiger partial charge in [-0.25, -0.2) is 4.98 Å². The number of thiazole rings is 1. The Balaban J connectivity index is 1.85. The Bertz CT molecular complexity index is 491. The van der Waals surface area contributed by atoms with Crippen LogP contribution in [0, 0.1) is 6.92 Å². The summed E-state index contributed by atoms with van der Waals surface area (Å²) < 4.78 is 5.67. The lowest BCUT2D eigenvalue weighted by atomic mass is 10.1. The molecule has 0 amide bonds. The number of ether oxygens (including phenoxy) is 1. The van der Waals surface area contributed by atoms with Gasteiger partial charge in [0.05, 0.1) is 23.9 Å². The molecule has 18 heavy (non-hydrogen) atoms. The summed E-state index contributed by atoms with van der Waals surface area (Å²) in [5, 5.41) is 9.40. The van der Waals surface area contributed by atoms with Crippen LogP contribution in [0.25, 0.3) is 0 Å². The molecule has 0 aliphatic rings. The zero-order valence-electron chi connectivity index (χ0n) is 10.6. The lowest BCUT2D eigenvalue weighted by Gasteiger charge is -2.08. The molecule has 0 bridgehead atoms. The second kappa shape index (κ2) is 5.98. The number of hydrogen-bond acceptors (Lipinski definition) is 4. The Morgan fingerprint density at radius 1 is 1.33 bits per heavy atom. The van der Waals surface area contributed by atoms with E-state index in [-0.39, 0.29) is 0 Å². The van der Waals surface area contributed by atoms with Crippen molar-refractivity contribution < 1.29 is 9.84 Å². The van der Waals surface area contributed by atoms with Gasteiger partial charge in [-0.3, -0.25) is 0 Å². The molecule has 2 rings (SSSR count). The van der Waals surface area contributed by atoms with Crippen molar-refractivity contribution in [2.24, 2.45) is 0 Å². The Hall–Kier alpha value is -1.39. The molecule has 1 aromatic heterocycles. The van der Waals surface area contributed by atoms with Gasteiger partial charge in [0, 0.05) is 11.3 Å². The monoisotopic (exact) mass is 263 g/mol. The maximum absolute atomic E-state index is 9.40. The molecule has 0 aliphatic heterocycles. The van der Waals surface area contributed by atoms with Crippen LogP contribution in [0.15, 0.2) is 29.8 Å². The number of aromatic nitrogens is 1. The maximum atomic E-state index is 9.40. The third kappa shape index (κ3) is 3.31. The molecule has 96 valence electrons. The van der Waals surface area contributed by atoms with E-state index in [1.165, 1.54) is 4.88 Å². The molecule has 3 nitrogen and oxygen atoms in total. The molecule has 4 heteroatoms. The predicted molar refractivity (Wildman–Crippen MR) is 73.1 cm³/mol. The van der Waals surface area contributed by atoms with Gasteiger partial charge in [0.1, 0.15) is 5.75 Å². The minimum absolute atomic E-state index is 0.432. The first-order chi connectivity index (χ1) is 8.66.